The first-order valence-electron chi connectivity index (χ1n) is 11.3. The number of aryl methyl sites for hydroxylation is 1. The van der Waals surface area contributed by atoms with Crippen LogP contribution in [0.15, 0.2) is 75.4 Å². The van der Waals surface area contributed by atoms with Crippen molar-refractivity contribution in [3.05, 3.63) is 76.7 Å². The number of aliphatic imine (C=N–C) groups is 1. The Morgan fingerprint density at radius 3 is 2.51 bits per heavy atom. The quantitative estimate of drug-likeness (QED) is 0.153. The van der Waals surface area contributed by atoms with E-state index in [9.17, 15) is 4.79 Å². The van der Waals surface area contributed by atoms with E-state index in [1.54, 1.807) is 31.8 Å². The molecule has 0 saturated carbocycles. The molecular weight excluding hydrogens is 512 g/mol. The van der Waals surface area contributed by atoms with Crippen molar-refractivity contribution in [2.24, 2.45) is 17.8 Å². The van der Waals surface area contributed by atoms with Gasteiger partial charge in [-0.1, -0.05) is 47.2 Å². The number of rotatable bonds is 6. The molecule has 188 valence electrons. The maximum atomic E-state index is 13.5. The van der Waals surface area contributed by atoms with E-state index in [4.69, 9.17) is 26.7 Å². The highest BCUT2D eigenvalue weighted by molar-refractivity contribution is 7.22. The van der Waals surface area contributed by atoms with E-state index in [0.717, 1.165) is 10.2 Å². The summed E-state index contributed by atoms with van der Waals surface area (Å²) >= 11 is 7.86. The number of nitrogens with one attached hydrogen (secondary N) is 2. The normalized spacial score (nSPS) is 13.6. The first kappa shape index (κ1) is 24.5. The molecule has 37 heavy (non-hydrogen) atoms. The van der Waals surface area contributed by atoms with Gasteiger partial charge in [0.1, 0.15) is 23.1 Å². The predicted octanol–water partition coefficient (Wildman–Crippen LogP) is 5.27. The average molecular weight is 535 g/mol. The number of fused-ring (bicyclic) bond motifs is 2. The van der Waals surface area contributed by atoms with Crippen LogP contribution in [0.4, 0.5) is 11.1 Å². The van der Waals surface area contributed by atoms with Gasteiger partial charge >= 0.3 is 6.01 Å². The number of nitrogens with two attached hydrogens (primary N) is 1. The van der Waals surface area contributed by atoms with Gasteiger partial charge in [0.05, 0.1) is 20.8 Å². The number of nitrogens with zero attached hydrogens (tertiary/aromatic N) is 5. The number of carbonyl (C=O) groups is 1. The SMILES string of the molecule is CC(=NC(/C(C(=O)Nc1nc2ccccc2s1)=C(/C)N)c1nn(C)cc1Cl)Nc1nc2ccccc2o1. The molecule has 4 N–H and O–H groups in total. The molecule has 5 rings (SSSR count). The summed E-state index contributed by atoms with van der Waals surface area (Å²) in [6.07, 6.45) is 1.64. The van der Waals surface area contributed by atoms with Crippen molar-refractivity contribution in [3.8, 4) is 0 Å². The van der Waals surface area contributed by atoms with Crippen molar-refractivity contribution in [3.63, 3.8) is 0 Å². The molecule has 0 bridgehead atoms. The Morgan fingerprint density at radius 1 is 1.11 bits per heavy atom. The summed E-state index contributed by atoms with van der Waals surface area (Å²) in [5.74, 6) is -0.0333. The molecule has 0 aliphatic carbocycles. The number of oxazole rings is 1. The third-order valence-electron chi connectivity index (χ3n) is 5.43. The van der Waals surface area contributed by atoms with E-state index in [2.05, 4.69) is 25.7 Å². The van der Waals surface area contributed by atoms with Crippen molar-refractivity contribution >= 4 is 67.1 Å². The van der Waals surface area contributed by atoms with Crippen LogP contribution in [0.3, 0.4) is 0 Å². The molecule has 0 saturated heterocycles. The topological polar surface area (TPSA) is 136 Å². The van der Waals surface area contributed by atoms with Crippen LogP contribution >= 0.6 is 22.9 Å². The number of hydrogen-bond donors (Lipinski definition) is 3. The van der Waals surface area contributed by atoms with Crippen molar-refractivity contribution in [2.75, 3.05) is 10.6 Å². The summed E-state index contributed by atoms with van der Waals surface area (Å²) in [5.41, 5.74) is 9.21. The van der Waals surface area contributed by atoms with Gasteiger partial charge in [0.25, 0.3) is 5.91 Å². The molecule has 0 fully saturated rings. The number of carbonyl (C=O) groups excluding carboxylic acids is 1. The largest absolute Gasteiger partial charge is 0.423 e. The van der Waals surface area contributed by atoms with Gasteiger partial charge in [0.2, 0.25) is 0 Å². The number of amidine groups is 1. The van der Waals surface area contributed by atoms with Crippen LogP contribution in [-0.4, -0.2) is 31.5 Å². The molecule has 10 nitrogen and oxygen atoms in total. The Hall–Kier alpha value is -4.22. The first-order valence-corrected chi connectivity index (χ1v) is 12.5. The Kier molecular flexibility index (Phi) is 6.64. The second-order valence-corrected chi connectivity index (χ2v) is 9.74. The van der Waals surface area contributed by atoms with Crippen molar-refractivity contribution in [1.29, 1.82) is 0 Å². The van der Waals surface area contributed by atoms with Crippen LogP contribution in [0, 0.1) is 0 Å². The zero-order valence-corrected chi connectivity index (χ0v) is 21.8. The van der Waals surface area contributed by atoms with Gasteiger partial charge in [-0.25, -0.2) is 4.98 Å². The van der Waals surface area contributed by atoms with Crippen molar-refractivity contribution < 1.29 is 9.21 Å². The molecule has 3 heterocycles. The van der Waals surface area contributed by atoms with Gasteiger partial charge in [-0.15, -0.1) is 0 Å². The number of amides is 1. The third-order valence-corrected chi connectivity index (χ3v) is 6.67. The number of para-hydroxylation sites is 3. The zero-order valence-electron chi connectivity index (χ0n) is 20.2. The fourth-order valence-electron chi connectivity index (χ4n) is 3.84. The lowest BCUT2D eigenvalue weighted by atomic mass is 10.0. The molecule has 1 amide bonds. The standard InChI is InChI=1S/C25H23ClN8O2S/c1-13(27)20(23(35)32-25-31-17-9-5-7-11-19(17)37-25)22(21-15(26)12-34(3)33-21)28-14(2)29-24-30-16-8-4-6-10-18(16)36-24/h4-12,22H,27H2,1-3H3,(H,28,29,30)(H,31,32,35)/b20-13+. The van der Waals surface area contributed by atoms with Gasteiger partial charge in [0, 0.05) is 18.9 Å². The monoisotopic (exact) mass is 534 g/mol. The Morgan fingerprint density at radius 2 is 1.84 bits per heavy atom. The van der Waals surface area contributed by atoms with Gasteiger partial charge in [-0.3, -0.25) is 25.1 Å². The van der Waals surface area contributed by atoms with E-state index in [1.807, 2.05) is 48.5 Å². The summed E-state index contributed by atoms with van der Waals surface area (Å²) in [7, 11) is 1.74. The van der Waals surface area contributed by atoms with Crippen molar-refractivity contribution in [1.82, 2.24) is 19.7 Å². The van der Waals surface area contributed by atoms with E-state index < -0.39 is 11.9 Å². The molecular formula is C25H23ClN8O2S. The highest BCUT2D eigenvalue weighted by atomic mass is 35.5. The molecule has 1 unspecified atom stereocenters. The highest BCUT2D eigenvalue weighted by Gasteiger charge is 2.29. The van der Waals surface area contributed by atoms with Crippen LogP contribution in [-0.2, 0) is 11.8 Å². The van der Waals surface area contributed by atoms with Crippen LogP contribution in [0.5, 0.6) is 0 Å². The first-order chi connectivity index (χ1) is 17.8. The number of hydrogen-bond acceptors (Lipinski definition) is 8. The number of benzene rings is 2. The molecule has 12 heteroatoms. The molecule has 1 atom stereocenters. The third kappa shape index (κ3) is 5.18. The van der Waals surface area contributed by atoms with Crippen LogP contribution in [0.1, 0.15) is 25.6 Å². The number of allylic oxidation sites excluding steroid dienone is 1. The fraction of sp³-hybridized carbons (Fsp3) is 0.160. The van der Waals surface area contributed by atoms with Gasteiger partial charge in [0.15, 0.2) is 10.7 Å². The number of anilines is 2. The van der Waals surface area contributed by atoms with E-state index >= 15 is 0 Å². The predicted molar refractivity (Wildman–Crippen MR) is 147 cm³/mol. The minimum Gasteiger partial charge on any atom is -0.423 e. The Bertz CT molecular complexity index is 1610. The van der Waals surface area contributed by atoms with E-state index in [1.165, 1.54) is 11.3 Å². The molecule has 0 aliphatic rings. The van der Waals surface area contributed by atoms with Gasteiger partial charge in [-0.05, 0) is 38.1 Å². The second kappa shape index (κ2) is 10.0. The van der Waals surface area contributed by atoms with Gasteiger partial charge in [-0.2, -0.15) is 10.1 Å². The molecule has 0 aliphatic heterocycles. The van der Waals surface area contributed by atoms with Crippen LogP contribution in [0.25, 0.3) is 21.3 Å². The fourth-order valence-corrected chi connectivity index (χ4v) is 4.98. The van der Waals surface area contributed by atoms with Crippen LogP contribution < -0.4 is 16.4 Å². The van der Waals surface area contributed by atoms with E-state index in [0.29, 0.717) is 32.8 Å². The second-order valence-electron chi connectivity index (χ2n) is 8.30. The maximum absolute atomic E-state index is 13.5. The lowest BCUT2D eigenvalue weighted by Crippen LogP contribution is -2.24. The van der Waals surface area contributed by atoms with Crippen LogP contribution in [0.2, 0.25) is 5.02 Å². The van der Waals surface area contributed by atoms with E-state index in [-0.39, 0.29) is 17.3 Å². The molecule has 3 aromatic heterocycles. The Labute approximate surface area is 220 Å². The minimum atomic E-state index is -0.912. The molecule has 0 radical (unpaired) electrons. The number of halogens is 1. The van der Waals surface area contributed by atoms with Gasteiger partial charge < -0.3 is 10.2 Å². The lowest BCUT2D eigenvalue weighted by molar-refractivity contribution is -0.113. The summed E-state index contributed by atoms with van der Waals surface area (Å²) < 4.78 is 8.25. The summed E-state index contributed by atoms with van der Waals surface area (Å²) in [4.78, 5) is 27.2. The minimum absolute atomic E-state index is 0.193. The average Bonchev–Trinajstić information content (AvgIpc) is 3.53. The number of thiazole rings is 1. The molecule has 5 aromatic rings. The summed E-state index contributed by atoms with van der Waals surface area (Å²) in [6, 6.07) is 14.4. The zero-order chi connectivity index (χ0) is 26.1. The van der Waals surface area contributed by atoms with Crippen molar-refractivity contribution in [2.45, 2.75) is 19.9 Å². The molecule has 2 aromatic carbocycles. The number of aromatic nitrogens is 4. The molecule has 0 spiro atoms. The highest BCUT2D eigenvalue weighted by Crippen LogP contribution is 2.33. The lowest BCUT2D eigenvalue weighted by Gasteiger charge is -2.17. The summed E-state index contributed by atoms with van der Waals surface area (Å²) in [5, 5.41) is 11.2. The summed E-state index contributed by atoms with van der Waals surface area (Å²) in [6.45, 7) is 3.36. The smallest absolute Gasteiger partial charge is 0.301 e. The maximum Gasteiger partial charge on any atom is 0.301 e. The Balaban J connectivity index is 1.50.